The topological polar surface area (TPSA) is 70.6 Å². The van der Waals surface area contributed by atoms with Crippen LogP contribution in [0.25, 0.3) is 0 Å². The maximum atomic E-state index is 12.8. The molecule has 8 heteroatoms. The highest BCUT2D eigenvalue weighted by atomic mass is 35.5. The predicted molar refractivity (Wildman–Crippen MR) is 96.5 cm³/mol. The fourth-order valence-corrected chi connectivity index (χ4v) is 2.28. The molecule has 0 spiro atoms. The van der Waals surface area contributed by atoms with Gasteiger partial charge in [0, 0.05) is 29.1 Å². The SMILES string of the molecule is O=C(CCC(=O)Nc1ccc(F)cc1)N/N=C/c1ccc(Cl)cc1Cl. The molecule has 0 aliphatic heterocycles. The van der Waals surface area contributed by atoms with Crippen LogP contribution < -0.4 is 10.7 Å². The lowest BCUT2D eigenvalue weighted by atomic mass is 10.2. The number of carbonyl (C=O) groups excluding carboxylic acids is 2. The fraction of sp³-hybridized carbons (Fsp3) is 0.118. The summed E-state index contributed by atoms with van der Waals surface area (Å²) in [6.45, 7) is 0. The van der Waals surface area contributed by atoms with Crippen LogP contribution in [0.1, 0.15) is 18.4 Å². The van der Waals surface area contributed by atoms with E-state index >= 15 is 0 Å². The molecule has 0 bridgehead atoms. The van der Waals surface area contributed by atoms with Gasteiger partial charge in [0.15, 0.2) is 0 Å². The van der Waals surface area contributed by atoms with Gasteiger partial charge in [0.25, 0.3) is 0 Å². The van der Waals surface area contributed by atoms with Crippen molar-refractivity contribution in [2.24, 2.45) is 5.10 Å². The maximum absolute atomic E-state index is 12.8. The Morgan fingerprint density at radius 1 is 1.04 bits per heavy atom. The van der Waals surface area contributed by atoms with Crippen LogP contribution in [-0.4, -0.2) is 18.0 Å². The van der Waals surface area contributed by atoms with Gasteiger partial charge in [-0.2, -0.15) is 5.10 Å². The number of amides is 2. The van der Waals surface area contributed by atoms with Crippen LogP contribution >= 0.6 is 23.2 Å². The Balaban J connectivity index is 1.75. The van der Waals surface area contributed by atoms with Crippen molar-refractivity contribution in [3.8, 4) is 0 Å². The molecule has 0 aliphatic rings. The monoisotopic (exact) mass is 381 g/mol. The highest BCUT2D eigenvalue weighted by Gasteiger charge is 2.07. The minimum Gasteiger partial charge on any atom is -0.326 e. The third-order valence-electron chi connectivity index (χ3n) is 3.06. The zero-order valence-corrected chi connectivity index (χ0v) is 14.4. The number of carbonyl (C=O) groups is 2. The third kappa shape index (κ3) is 6.52. The molecule has 0 aromatic heterocycles. The summed E-state index contributed by atoms with van der Waals surface area (Å²) in [7, 11) is 0. The molecule has 5 nitrogen and oxygen atoms in total. The predicted octanol–water partition coefficient (Wildman–Crippen LogP) is 4.00. The molecule has 0 aliphatic carbocycles. The molecule has 0 atom stereocenters. The molecule has 2 rings (SSSR count). The van der Waals surface area contributed by atoms with Crippen LogP contribution in [0.15, 0.2) is 47.6 Å². The van der Waals surface area contributed by atoms with Gasteiger partial charge in [-0.3, -0.25) is 9.59 Å². The van der Waals surface area contributed by atoms with E-state index < -0.39 is 11.7 Å². The van der Waals surface area contributed by atoms with Gasteiger partial charge >= 0.3 is 0 Å². The van der Waals surface area contributed by atoms with Gasteiger partial charge in [-0.1, -0.05) is 29.3 Å². The Hall–Kier alpha value is -2.44. The lowest BCUT2D eigenvalue weighted by molar-refractivity contribution is -0.124. The van der Waals surface area contributed by atoms with Crippen molar-refractivity contribution in [3.63, 3.8) is 0 Å². The minimum absolute atomic E-state index is 0.0274. The number of hydrogen-bond donors (Lipinski definition) is 2. The Kier molecular flexibility index (Phi) is 6.91. The van der Waals surface area contributed by atoms with Crippen molar-refractivity contribution in [3.05, 3.63) is 63.9 Å². The lowest BCUT2D eigenvalue weighted by Gasteiger charge is -2.04. The second-order valence-electron chi connectivity index (χ2n) is 5.01. The molecule has 25 heavy (non-hydrogen) atoms. The molecule has 2 amide bonds. The van der Waals surface area contributed by atoms with E-state index in [1.165, 1.54) is 30.5 Å². The normalized spacial score (nSPS) is 10.7. The first-order valence-electron chi connectivity index (χ1n) is 7.26. The summed E-state index contributed by atoms with van der Waals surface area (Å²) in [5.74, 6) is -1.17. The highest BCUT2D eigenvalue weighted by molar-refractivity contribution is 6.36. The highest BCUT2D eigenvalue weighted by Crippen LogP contribution is 2.19. The number of hydrogen-bond acceptors (Lipinski definition) is 3. The first kappa shape index (κ1) is 18.9. The van der Waals surface area contributed by atoms with Gasteiger partial charge in [-0.05, 0) is 36.4 Å². The number of anilines is 1. The van der Waals surface area contributed by atoms with E-state index in [1.54, 1.807) is 18.2 Å². The summed E-state index contributed by atoms with van der Waals surface area (Å²) >= 11 is 11.8. The summed E-state index contributed by atoms with van der Waals surface area (Å²) in [5, 5.41) is 7.25. The molecule has 0 unspecified atom stereocenters. The zero-order chi connectivity index (χ0) is 18.2. The summed E-state index contributed by atoms with van der Waals surface area (Å²) in [5.41, 5.74) is 3.37. The third-order valence-corrected chi connectivity index (χ3v) is 3.62. The Labute approximate surface area is 153 Å². The van der Waals surface area contributed by atoms with Gasteiger partial charge in [-0.25, -0.2) is 9.82 Å². The van der Waals surface area contributed by atoms with Crippen LogP contribution in [0.2, 0.25) is 10.0 Å². The van der Waals surface area contributed by atoms with Crippen molar-refractivity contribution in [2.45, 2.75) is 12.8 Å². The average molecular weight is 382 g/mol. The van der Waals surface area contributed by atoms with Gasteiger partial charge in [0.05, 0.1) is 11.2 Å². The molecular formula is C17H14Cl2FN3O2. The fourth-order valence-electron chi connectivity index (χ4n) is 1.82. The van der Waals surface area contributed by atoms with Crippen molar-refractivity contribution < 1.29 is 14.0 Å². The molecule has 0 saturated carbocycles. The Bertz CT molecular complexity index is 795. The number of rotatable bonds is 6. The molecule has 2 N–H and O–H groups in total. The number of nitrogens with one attached hydrogen (secondary N) is 2. The summed E-state index contributed by atoms with van der Waals surface area (Å²) in [6, 6.07) is 10.2. The van der Waals surface area contributed by atoms with Gasteiger partial charge in [-0.15, -0.1) is 0 Å². The second kappa shape index (κ2) is 9.15. The quantitative estimate of drug-likeness (QED) is 0.586. The van der Waals surface area contributed by atoms with E-state index in [-0.39, 0.29) is 18.7 Å². The van der Waals surface area contributed by atoms with E-state index in [4.69, 9.17) is 23.2 Å². The average Bonchev–Trinajstić information content (AvgIpc) is 2.57. The smallest absolute Gasteiger partial charge is 0.240 e. The van der Waals surface area contributed by atoms with Crippen LogP contribution in [-0.2, 0) is 9.59 Å². The zero-order valence-electron chi connectivity index (χ0n) is 12.9. The molecule has 0 heterocycles. The number of nitrogens with zero attached hydrogens (tertiary/aromatic N) is 1. The maximum Gasteiger partial charge on any atom is 0.240 e. The molecule has 0 saturated heterocycles. The second-order valence-corrected chi connectivity index (χ2v) is 5.86. The van der Waals surface area contributed by atoms with Gasteiger partial charge in [0.2, 0.25) is 11.8 Å². The molecular weight excluding hydrogens is 368 g/mol. The van der Waals surface area contributed by atoms with Crippen molar-refractivity contribution in [2.75, 3.05) is 5.32 Å². The largest absolute Gasteiger partial charge is 0.326 e. The Morgan fingerprint density at radius 2 is 1.72 bits per heavy atom. The van der Waals surface area contributed by atoms with E-state index in [1.807, 2.05) is 0 Å². The summed E-state index contributed by atoms with van der Waals surface area (Å²) in [4.78, 5) is 23.4. The van der Waals surface area contributed by atoms with Crippen molar-refractivity contribution in [1.29, 1.82) is 0 Å². The summed E-state index contributed by atoms with van der Waals surface area (Å²) in [6.07, 6.45) is 1.31. The van der Waals surface area contributed by atoms with Crippen LogP contribution in [0.4, 0.5) is 10.1 Å². The molecule has 0 radical (unpaired) electrons. The number of benzene rings is 2. The molecule has 2 aromatic rings. The van der Waals surface area contributed by atoms with E-state index in [0.29, 0.717) is 21.3 Å². The first-order chi connectivity index (χ1) is 11.9. The number of hydrazone groups is 1. The molecule has 0 fully saturated rings. The van der Waals surface area contributed by atoms with Gasteiger partial charge in [0.1, 0.15) is 5.82 Å². The van der Waals surface area contributed by atoms with Crippen LogP contribution in [0.5, 0.6) is 0 Å². The van der Waals surface area contributed by atoms with Gasteiger partial charge < -0.3 is 5.32 Å². The number of halogens is 3. The molecule has 130 valence electrons. The summed E-state index contributed by atoms with van der Waals surface area (Å²) < 4.78 is 12.8. The van der Waals surface area contributed by atoms with E-state index in [0.717, 1.165) is 0 Å². The van der Waals surface area contributed by atoms with E-state index in [2.05, 4.69) is 15.8 Å². The van der Waals surface area contributed by atoms with Crippen LogP contribution in [0.3, 0.4) is 0 Å². The van der Waals surface area contributed by atoms with Crippen molar-refractivity contribution >= 4 is 46.9 Å². The molecule has 2 aromatic carbocycles. The van der Waals surface area contributed by atoms with Crippen molar-refractivity contribution in [1.82, 2.24) is 5.43 Å². The standard InChI is InChI=1S/C17H14Cl2FN3O2/c18-12-2-1-11(15(19)9-12)10-21-23-17(25)8-7-16(24)22-14-5-3-13(20)4-6-14/h1-6,9-10H,7-8H2,(H,22,24)(H,23,25)/b21-10+. The Morgan fingerprint density at radius 3 is 2.40 bits per heavy atom. The van der Waals surface area contributed by atoms with Crippen LogP contribution in [0, 0.1) is 5.82 Å². The lowest BCUT2D eigenvalue weighted by Crippen LogP contribution is -2.20. The van der Waals surface area contributed by atoms with E-state index in [9.17, 15) is 14.0 Å². The first-order valence-corrected chi connectivity index (χ1v) is 8.02. The minimum atomic E-state index is -0.421.